The Kier molecular flexibility index (Phi) is 6.45. The van der Waals surface area contributed by atoms with Gasteiger partial charge in [0, 0.05) is 0 Å². The van der Waals surface area contributed by atoms with E-state index in [1.54, 1.807) is 11.1 Å². The highest BCUT2D eigenvalue weighted by atomic mass is 14.2. The van der Waals surface area contributed by atoms with Crippen LogP contribution in [0.25, 0.3) is 11.1 Å². The molecule has 124 valence electrons. The van der Waals surface area contributed by atoms with E-state index < -0.39 is 0 Å². The Balaban J connectivity index is 0.000000924. The molecule has 0 spiro atoms. The quantitative estimate of drug-likeness (QED) is 0.566. The van der Waals surface area contributed by atoms with Gasteiger partial charge in [-0.25, -0.2) is 0 Å². The van der Waals surface area contributed by atoms with Crippen molar-refractivity contribution < 1.29 is 0 Å². The van der Waals surface area contributed by atoms with E-state index in [9.17, 15) is 0 Å². The third-order valence-corrected chi connectivity index (χ3v) is 4.95. The van der Waals surface area contributed by atoms with Gasteiger partial charge in [-0.15, -0.1) is 0 Å². The van der Waals surface area contributed by atoms with Crippen molar-refractivity contribution >= 4 is 0 Å². The molecule has 1 unspecified atom stereocenters. The summed E-state index contributed by atoms with van der Waals surface area (Å²) in [5.41, 5.74) is 8.93. The highest BCUT2D eigenvalue weighted by molar-refractivity contribution is 5.73. The van der Waals surface area contributed by atoms with Gasteiger partial charge in [0.1, 0.15) is 0 Å². The van der Waals surface area contributed by atoms with Gasteiger partial charge in [0.2, 0.25) is 0 Å². The number of aryl methyl sites for hydroxylation is 3. The fraction of sp³-hybridized carbons (Fsp3) is 0.478. The molecule has 0 saturated carbocycles. The molecule has 0 heterocycles. The van der Waals surface area contributed by atoms with Crippen molar-refractivity contribution in [1.29, 1.82) is 0 Å². The number of hydrogen-bond acceptors (Lipinski definition) is 0. The summed E-state index contributed by atoms with van der Waals surface area (Å²) in [6.45, 7) is 10.8. The topological polar surface area (TPSA) is 0 Å². The van der Waals surface area contributed by atoms with Crippen LogP contribution in [0.1, 0.15) is 75.1 Å². The molecule has 1 aliphatic rings. The summed E-state index contributed by atoms with van der Waals surface area (Å²) in [4.78, 5) is 0. The van der Waals surface area contributed by atoms with Gasteiger partial charge >= 0.3 is 0 Å². The Bertz CT molecular complexity index is 636. The van der Waals surface area contributed by atoms with E-state index in [-0.39, 0.29) is 0 Å². The zero-order chi connectivity index (χ0) is 16.8. The van der Waals surface area contributed by atoms with Crippen LogP contribution in [-0.4, -0.2) is 0 Å². The van der Waals surface area contributed by atoms with E-state index in [1.807, 2.05) is 13.8 Å². The molecule has 1 aliphatic carbocycles. The molecule has 0 N–H and O–H groups in total. The second-order valence-electron chi connectivity index (χ2n) is 6.47. The van der Waals surface area contributed by atoms with Crippen LogP contribution >= 0.6 is 0 Å². The van der Waals surface area contributed by atoms with E-state index in [2.05, 4.69) is 57.2 Å². The molecular formula is C23H32. The third kappa shape index (κ3) is 3.86. The zero-order valence-corrected chi connectivity index (χ0v) is 15.6. The van der Waals surface area contributed by atoms with Gasteiger partial charge in [0.15, 0.2) is 0 Å². The van der Waals surface area contributed by atoms with Gasteiger partial charge in [0.25, 0.3) is 0 Å². The Morgan fingerprint density at radius 3 is 2.09 bits per heavy atom. The highest BCUT2D eigenvalue weighted by Gasteiger charge is 2.18. The smallest absolute Gasteiger partial charge is 0.0149 e. The lowest BCUT2D eigenvalue weighted by Gasteiger charge is -2.23. The van der Waals surface area contributed by atoms with Crippen LogP contribution in [0.2, 0.25) is 0 Å². The molecule has 2 aromatic carbocycles. The lowest BCUT2D eigenvalue weighted by molar-refractivity contribution is 0.595. The van der Waals surface area contributed by atoms with E-state index in [4.69, 9.17) is 0 Å². The van der Waals surface area contributed by atoms with Crippen molar-refractivity contribution in [2.24, 2.45) is 0 Å². The molecule has 3 rings (SSSR count). The number of hydrogen-bond donors (Lipinski definition) is 0. The first-order chi connectivity index (χ1) is 11.2. The number of rotatable bonds is 4. The van der Waals surface area contributed by atoms with Gasteiger partial charge in [0.05, 0.1) is 0 Å². The normalized spacial score (nSPS) is 13.4. The summed E-state index contributed by atoms with van der Waals surface area (Å²) in [6.07, 6.45) is 6.23. The van der Waals surface area contributed by atoms with Gasteiger partial charge in [-0.1, -0.05) is 76.1 Å². The molecule has 0 radical (unpaired) electrons. The molecule has 0 heteroatoms. The summed E-state index contributed by atoms with van der Waals surface area (Å²) in [5.74, 6) is 0.736. The Morgan fingerprint density at radius 2 is 1.48 bits per heavy atom. The number of benzene rings is 2. The van der Waals surface area contributed by atoms with Gasteiger partial charge in [-0.2, -0.15) is 0 Å². The molecule has 0 amide bonds. The van der Waals surface area contributed by atoms with Crippen molar-refractivity contribution in [1.82, 2.24) is 0 Å². The van der Waals surface area contributed by atoms with Gasteiger partial charge in [-0.05, 0) is 66.3 Å². The summed E-state index contributed by atoms with van der Waals surface area (Å²) >= 11 is 0. The van der Waals surface area contributed by atoms with Crippen LogP contribution in [0.3, 0.4) is 0 Å². The van der Waals surface area contributed by atoms with Crippen LogP contribution in [0.5, 0.6) is 0 Å². The van der Waals surface area contributed by atoms with E-state index in [0.717, 1.165) is 5.92 Å². The molecule has 2 aromatic rings. The standard InChI is InChI=1S/C21H26.C2H6/c1-4-6-16(5-2)17-10-12-21-19(14-17)9-8-18-13-15(3)7-11-20(18)21;1-2/h7,10-14,16H,4-6,8-9H2,1-3H3;1-2H3. The van der Waals surface area contributed by atoms with E-state index in [1.165, 1.54) is 54.4 Å². The maximum absolute atomic E-state index is 2.49. The van der Waals surface area contributed by atoms with E-state index in [0.29, 0.717) is 0 Å². The largest absolute Gasteiger partial charge is 0.0683 e. The first kappa shape index (κ1) is 17.8. The second-order valence-corrected chi connectivity index (χ2v) is 6.47. The first-order valence-electron chi connectivity index (χ1n) is 9.45. The zero-order valence-electron chi connectivity index (χ0n) is 15.6. The SMILES string of the molecule is CC.CCCC(CC)c1ccc2c(c1)CCc1cc(C)ccc1-2. The maximum Gasteiger partial charge on any atom is -0.0149 e. The third-order valence-electron chi connectivity index (χ3n) is 4.95. The van der Waals surface area contributed by atoms with Crippen LogP contribution in [0.15, 0.2) is 36.4 Å². The Morgan fingerprint density at radius 1 is 0.870 bits per heavy atom. The van der Waals surface area contributed by atoms with Crippen LogP contribution in [0.4, 0.5) is 0 Å². The minimum absolute atomic E-state index is 0.736. The molecule has 0 bridgehead atoms. The molecule has 1 atom stereocenters. The second kappa shape index (κ2) is 8.34. The molecule has 23 heavy (non-hydrogen) atoms. The molecule has 0 aromatic heterocycles. The Hall–Kier alpha value is -1.56. The first-order valence-corrected chi connectivity index (χ1v) is 9.45. The van der Waals surface area contributed by atoms with Crippen molar-refractivity contribution in [3.8, 4) is 11.1 Å². The minimum Gasteiger partial charge on any atom is -0.0683 e. The van der Waals surface area contributed by atoms with Crippen molar-refractivity contribution in [2.45, 2.75) is 72.6 Å². The van der Waals surface area contributed by atoms with E-state index >= 15 is 0 Å². The summed E-state index contributed by atoms with van der Waals surface area (Å²) in [7, 11) is 0. The predicted octanol–water partition coefficient (Wildman–Crippen LogP) is 7.08. The van der Waals surface area contributed by atoms with Gasteiger partial charge < -0.3 is 0 Å². The number of fused-ring (bicyclic) bond motifs is 3. The minimum atomic E-state index is 0.736. The predicted molar refractivity (Wildman–Crippen MR) is 103 cm³/mol. The average Bonchev–Trinajstić information content (AvgIpc) is 2.60. The van der Waals surface area contributed by atoms with Gasteiger partial charge in [-0.3, -0.25) is 0 Å². The van der Waals surface area contributed by atoms with Crippen molar-refractivity contribution in [3.05, 3.63) is 58.7 Å². The molecular weight excluding hydrogens is 276 g/mol. The van der Waals surface area contributed by atoms with Crippen LogP contribution in [0, 0.1) is 6.92 Å². The van der Waals surface area contributed by atoms with Crippen molar-refractivity contribution in [3.63, 3.8) is 0 Å². The van der Waals surface area contributed by atoms with Crippen LogP contribution in [-0.2, 0) is 12.8 Å². The van der Waals surface area contributed by atoms with Crippen molar-refractivity contribution in [2.75, 3.05) is 0 Å². The monoisotopic (exact) mass is 308 g/mol. The summed E-state index contributed by atoms with van der Waals surface area (Å²) in [5, 5.41) is 0. The highest BCUT2D eigenvalue weighted by Crippen LogP contribution is 2.36. The molecule has 0 fully saturated rings. The maximum atomic E-state index is 2.49. The molecule has 0 aliphatic heterocycles. The fourth-order valence-corrected chi connectivity index (χ4v) is 3.75. The fourth-order valence-electron chi connectivity index (χ4n) is 3.75. The summed E-state index contributed by atoms with van der Waals surface area (Å²) in [6, 6.07) is 14.1. The Labute approximate surface area is 143 Å². The molecule has 0 saturated heterocycles. The lowest BCUT2D eigenvalue weighted by Crippen LogP contribution is -2.06. The van der Waals surface area contributed by atoms with Crippen LogP contribution < -0.4 is 0 Å². The summed E-state index contributed by atoms with van der Waals surface area (Å²) < 4.78 is 0. The molecule has 0 nitrogen and oxygen atoms in total. The average molecular weight is 309 g/mol. The lowest BCUT2D eigenvalue weighted by atomic mass is 9.82.